The summed E-state index contributed by atoms with van der Waals surface area (Å²) in [5.74, 6) is 0.835. The van der Waals surface area contributed by atoms with Crippen molar-refractivity contribution < 1.29 is 0 Å². The number of rotatable bonds is 3. The van der Waals surface area contributed by atoms with Gasteiger partial charge in [-0.05, 0) is 0 Å². The molecule has 5 nitrogen and oxygen atoms in total. The van der Waals surface area contributed by atoms with Gasteiger partial charge in [0.1, 0.15) is 0 Å². The first kappa shape index (κ1) is 7.71. The first-order valence-corrected chi connectivity index (χ1v) is 3.44. The molecule has 0 unspecified atom stereocenters. The van der Waals surface area contributed by atoms with E-state index in [0.717, 1.165) is 11.5 Å². The molecular formula is C6H13N5. The number of anilines is 2. The Bertz CT molecular complexity index is 207. The average molecular weight is 155 g/mol. The molecule has 0 amide bonds. The molecule has 3 N–H and O–H groups in total. The van der Waals surface area contributed by atoms with Gasteiger partial charge in [-0.2, -0.15) is 4.79 Å². The highest BCUT2D eigenvalue weighted by Gasteiger charge is 2.02. The molecule has 1 rings (SSSR count). The monoisotopic (exact) mass is 155 g/mol. The van der Waals surface area contributed by atoms with Crippen LogP contribution < -0.4 is 16.1 Å². The molecule has 5 heteroatoms. The third-order valence-electron chi connectivity index (χ3n) is 1.45. The van der Waals surface area contributed by atoms with E-state index in [4.69, 9.17) is 0 Å². The molecule has 0 saturated carbocycles. The van der Waals surface area contributed by atoms with Gasteiger partial charge in [0.15, 0.2) is 5.82 Å². The second-order valence-electron chi connectivity index (χ2n) is 2.06. The Morgan fingerprint density at radius 1 is 1.27 bits per heavy atom. The van der Waals surface area contributed by atoms with Crippen molar-refractivity contribution in [2.24, 2.45) is 0 Å². The molecule has 0 radical (unpaired) electrons. The molecule has 0 fully saturated rings. The zero-order valence-electron chi connectivity index (χ0n) is 6.97. The third kappa shape index (κ3) is 1.36. The van der Waals surface area contributed by atoms with Gasteiger partial charge in [0.05, 0.1) is 11.9 Å². The van der Waals surface area contributed by atoms with Crippen molar-refractivity contribution >= 4 is 11.5 Å². The van der Waals surface area contributed by atoms with Crippen molar-refractivity contribution in [2.45, 2.75) is 0 Å². The number of aromatic nitrogens is 2. The highest BCUT2D eigenvalue weighted by atomic mass is 15.6. The first-order valence-electron chi connectivity index (χ1n) is 3.44. The maximum Gasteiger partial charge on any atom is 0.173 e. The summed E-state index contributed by atoms with van der Waals surface area (Å²) in [6.45, 7) is 0. The molecule has 0 spiro atoms. The summed E-state index contributed by atoms with van der Waals surface area (Å²) in [6, 6.07) is 0. The van der Waals surface area contributed by atoms with Crippen LogP contribution in [0.15, 0.2) is 6.20 Å². The van der Waals surface area contributed by atoms with Crippen molar-refractivity contribution in [1.82, 2.24) is 9.89 Å². The zero-order valence-corrected chi connectivity index (χ0v) is 6.97. The molecular weight excluding hydrogens is 142 g/mol. The number of hydrogen-bond acceptors (Lipinski definition) is 4. The van der Waals surface area contributed by atoms with Crippen LogP contribution in [0.3, 0.4) is 0 Å². The standard InChI is InChI=1S/C6H13N5/c1-7-5-4-11(9-3)10-6(5)8-2/h4,7,9H,1-3H3,(H,8,10). The van der Waals surface area contributed by atoms with Crippen LogP contribution in [-0.2, 0) is 0 Å². The lowest BCUT2D eigenvalue weighted by molar-refractivity contribution is 0.785. The lowest BCUT2D eigenvalue weighted by Gasteiger charge is -1.96. The van der Waals surface area contributed by atoms with Crippen molar-refractivity contribution in [2.75, 3.05) is 37.2 Å². The van der Waals surface area contributed by atoms with E-state index in [0.29, 0.717) is 0 Å². The van der Waals surface area contributed by atoms with E-state index in [-0.39, 0.29) is 0 Å². The molecule has 0 saturated heterocycles. The smallest absolute Gasteiger partial charge is 0.173 e. The topological polar surface area (TPSA) is 53.9 Å². The van der Waals surface area contributed by atoms with Crippen LogP contribution in [-0.4, -0.2) is 31.0 Å². The Morgan fingerprint density at radius 2 is 2.00 bits per heavy atom. The van der Waals surface area contributed by atoms with Crippen molar-refractivity contribution in [3.8, 4) is 0 Å². The molecule has 1 aromatic rings. The normalized spacial score (nSPS) is 9.36. The SMILES string of the molecule is CNc1cn(NC)nc1NC. The average Bonchev–Trinajstić information content (AvgIpc) is 2.46. The summed E-state index contributed by atoms with van der Waals surface area (Å²) in [5.41, 5.74) is 3.86. The van der Waals surface area contributed by atoms with Crippen LogP contribution in [0.4, 0.5) is 11.5 Å². The second kappa shape index (κ2) is 3.14. The summed E-state index contributed by atoms with van der Waals surface area (Å²) in [7, 11) is 5.51. The van der Waals surface area contributed by atoms with Gasteiger partial charge in [-0.1, -0.05) is 0 Å². The van der Waals surface area contributed by atoms with Gasteiger partial charge in [0.2, 0.25) is 0 Å². The maximum atomic E-state index is 4.15. The Kier molecular flexibility index (Phi) is 2.20. The number of nitrogens with zero attached hydrogens (tertiary/aromatic N) is 2. The van der Waals surface area contributed by atoms with Crippen LogP contribution >= 0.6 is 0 Å². The van der Waals surface area contributed by atoms with Gasteiger partial charge in [-0.3, -0.25) is 0 Å². The van der Waals surface area contributed by atoms with Crippen molar-refractivity contribution in [3.05, 3.63) is 6.20 Å². The predicted octanol–water partition coefficient (Wildman–Crippen LogP) is 0.140. The van der Waals surface area contributed by atoms with Crippen LogP contribution in [0, 0.1) is 0 Å². The minimum absolute atomic E-state index is 0.835. The summed E-state index contributed by atoms with van der Waals surface area (Å²) >= 11 is 0. The fraction of sp³-hybridized carbons (Fsp3) is 0.500. The Morgan fingerprint density at radius 3 is 2.36 bits per heavy atom. The predicted molar refractivity (Wildman–Crippen MR) is 46.6 cm³/mol. The molecule has 1 heterocycles. The number of nitrogens with one attached hydrogen (secondary N) is 3. The van der Waals surface area contributed by atoms with E-state index in [2.05, 4.69) is 21.2 Å². The molecule has 0 aliphatic heterocycles. The molecule has 0 aromatic carbocycles. The summed E-state index contributed by atoms with van der Waals surface area (Å²) in [6.07, 6.45) is 1.87. The van der Waals surface area contributed by atoms with Crippen molar-refractivity contribution in [3.63, 3.8) is 0 Å². The zero-order chi connectivity index (χ0) is 8.27. The van der Waals surface area contributed by atoms with Crippen LogP contribution in [0.5, 0.6) is 0 Å². The maximum absolute atomic E-state index is 4.15. The van der Waals surface area contributed by atoms with Gasteiger partial charge >= 0.3 is 0 Å². The van der Waals surface area contributed by atoms with Crippen LogP contribution in [0.1, 0.15) is 0 Å². The van der Waals surface area contributed by atoms with Crippen LogP contribution in [0.2, 0.25) is 0 Å². The van der Waals surface area contributed by atoms with Gasteiger partial charge < -0.3 is 16.1 Å². The highest BCUT2D eigenvalue weighted by Crippen LogP contribution is 2.16. The first-order chi connectivity index (χ1) is 5.31. The summed E-state index contributed by atoms with van der Waals surface area (Å²) in [4.78, 5) is 1.64. The molecule has 0 aliphatic carbocycles. The van der Waals surface area contributed by atoms with E-state index in [9.17, 15) is 0 Å². The van der Waals surface area contributed by atoms with E-state index in [1.54, 1.807) is 4.79 Å². The fourth-order valence-electron chi connectivity index (χ4n) is 0.856. The minimum Gasteiger partial charge on any atom is -0.384 e. The van der Waals surface area contributed by atoms with E-state index in [1.165, 1.54) is 0 Å². The molecule has 62 valence electrons. The Hall–Kier alpha value is -1.39. The molecule has 0 aliphatic rings. The van der Waals surface area contributed by atoms with Gasteiger partial charge in [0.25, 0.3) is 0 Å². The molecule has 1 aromatic heterocycles. The van der Waals surface area contributed by atoms with Gasteiger partial charge in [0, 0.05) is 21.1 Å². The van der Waals surface area contributed by atoms with Gasteiger partial charge in [-0.15, -0.1) is 5.10 Å². The van der Waals surface area contributed by atoms with E-state index in [1.807, 2.05) is 27.3 Å². The second-order valence-corrected chi connectivity index (χ2v) is 2.06. The quantitative estimate of drug-likeness (QED) is 0.581. The minimum atomic E-state index is 0.835. The molecule has 0 bridgehead atoms. The lowest BCUT2D eigenvalue weighted by atomic mass is 10.5. The molecule has 11 heavy (non-hydrogen) atoms. The Labute approximate surface area is 65.8 Å². The van der Waals surface area contributed by atoms with Crippen LogP contribution in [0.25, 0.3) is 0 Å². The van der Waals surface area contributed by atoms with Crippen molar-refractivity contribution in [1.29, 1.82) is 0 Å². The molecule has 0 atom stereocenters. The number of hydrogen-bond donors (Lipinski definition) is 3. The third-order valence-corrected chi connectivity index (χ3v) is 1.45. The summed E-state index contributed by atoms with van der Waals surface area (Å²) in [5, 5.41) is 10.1. The Balaban J connectivity index is 2.92. The highest BCUT2D eigenvalue weighted by molar-refractivity contribution is 5.62. The van der Waals surface area contributed by atoms with E-state index >= 15 is 0 Å². The summed E-state index contributed by atoms with van der Waals surface area (Å²) < 4.78 is 0. The van der Waals surface area contributed by atoms with E-state index < -0.39 is 0 Å². The lowest BCUT2D eigenvalue weighted by Crippen LogP contribution is -2.08. The fourth-order valence-corrected chi connectivity index (χ4v) is 0.856. The largest absolute Gasteiger partial charge is 0.384 e. The van der Waals surface area contributed by atoms with Gasteiger partial charge in [-0.25, -0.2) is 0 Å².